The quantitative estimate of drug-likeness (QED) is 0.846. The molecule has 2 N–H and O–H groups in total. The number of nitrogens with two attached hydrogens (primary N) is 1. The zero-order valence-electron chi connectivity index (χ0n) is 10.2. The van der Waals surface area contributed by atoms with E-state index in [9.17, 15) is 0 Å². The third kappa shape index (κ3) is 2.38. The van der Waals surface area contributed by atoms with Crippen molar-refractivity contribution in [2.75, 3.05) is 0 Å². The molecule has 1 saturated carbocycles. The standard InChI is InChI=1S/C14H21NO/c1-10-6-5-9-13(11(2)15)14(10)16-12-7-3-4-8-12/h5-6,9,11-12H,3-4,7-8,15H2,1-2H3. The molecule has 0 saturated heterocycles. The fraction of sp³-hybridized carbons (Fsp3) is 0.571. The molecule has 2 nitrogen and oxygen atoms in total. The summed E-state index contributed by atoms with van der Waals surface area (Å²) in [6.45, 7) is 4.10. The number of para-hydroxylation sites is 1. The van der Waals surface area contributed by atoms with E-state index in [2.05, 4.69) is 25.1 Å². The number of benzene rings is 1. The summed E-state index contributed by atoms with van der Waals surface area (Å²) >= 11 is 0. The monoisotopic (exact) mass is 219 g/mol. The first-order chi connectivity index (χ1) is 7.68. The fourth-order valence-corrected chi connectivity index (χ4v) is 2.37. The van der Waals surface area contributed by atoms with Gasteiger partial charge in [-0.05, 0) is 45.1 Å². The number of rotatable bonds is 3. The smallest absolute Gasteiger partial charge is 0.127 e. The second-order valence-corrected chi connectivity index (χ2v) is 4.81. The lowest BCUT2D eigenvalue weighted by Crippen LogP contribution is -2.15. The largest absolute Gasteiger partial charge is 0.490 e. The van der Waals surface area contributed by atoms with Crippen molar-refractivity contribution in [3.05, 3.63) is 29.3 Å². The van der Waals surface area contributed by atoms with Gasteiger partial charge in [-0.1, -0.05) is 18.2 Å². The lowest BCUT2D eigenvalue weighted by atomic mass is 10.0. The second kappa shape index (κ2) is 4.88. The molecule has 1 unspecified atom stereocenters. The van der Waals surface area contributed by atoms with E-state index >= 15 is 0 Å². The Morgan fingerprint density at radius 1 is 1.31 bits per heavy atom. The minimum atomic E-state index is 0.0382. The molecule has 1 fully saturated rings. The number of hydrogen-bond donors (Lipinski definition) is 1. The Bertz CT molecular complexity index is 354. The van der Waals surface area contributed by atoms with Crippen LogP contribution in [0.1, 0.15) is 49.8 Å². The average molecular weight is 219 g/mol. The molecule has 2 heteroatoms. The lowest BCUT2D eigenvalue weighted by molar-refractivity contribution is 0.206. The van der Waals surface area contributed by atoms with E-state index in [0.29, 0.717) is 6.10 Å². The van der Waals surface area contributed by atoms with Gasteiger partial charge in [0.1, 0.15) is 5.75 Å². The van der Waals surface area contributed by atoms with Gasteiger partial charge in [0.2, 0.25) is 0 Å². The van der Waals surface area contributed by atoms with Crippen LogP contribution in [-0.4, -0.2) is 6.10 Å². The maximum absolute atomic E-state index is 6.12. The fourth-order valence-electron chi connectivity index (χ4n) is 2.37. The van der Waals surface area contributed by atoms with Crippen LogP contribution in [0.25, 0.3) is 0 Å². The van der Waals surface area contributed by atoms with Crippen molar-refractivity contribution in [2.45, 2.75) is 51.7 Å². The zero-order valence-corrected chi connectivity index (χ0v) is 10.2. The van der Waals surface area contributed by atoms with E-state index in [0.717, 1.165) is 11.3 Å². The summed E-state index contributed by atoms with van der Waals surface area (Å²) < 4.78 is 6.12. The van der Waals surface area contributed by atoms with Gasteiger partial charge in [-0.25, -0.2) is 0 Å². The summed E-state index contributed by atoms with van der Waals surface area (Å²) in [6, 6.07) is 6.25. The van der Waals surface area contributed by atoms with Crippen LogP contribution in [0.5, 0.6) is 5.75 Å². The second-order valence-electron chi connectivity index (χ2n) is 4.81. The van der Waals surface area contributed by atoms with E-state index in [1.807, 2.05) is 6.92 Å². The molecule has 1 atom stereocenters. The molecule has 1 aromatic carbocycles. The van der Waals surface area contributed by atoms with Gasteiger partial charge in [-0.3, -0.25) is 0 Å². The summed E-state index contributed by atoms with van der Waals surface area (Å²) in [5.41, 5.74) is 8.31. The van der Waals surface area contributed by atoms with Gasteiger partial charge in [0.05, 0.1) is 6.10 Å². The molecule has 88 valence electrons. The molecule has 0 heterocycles. The highest BCUT2D eigenvalue weighted by molar-refractivity contribution is 5.42. The minimum absolute atomic E-state index is 0.0382. The molecule has 2 rings (SSSR count). The summed E-state index contributed by atoms with van der Waals surface area (Å²) in [6.07, 6.45) is 5.37. The molecule has 1 aromatic rings. The summed E-state index contributed by atoms with van der Waals surface area (Å²) in [5.74, 6) is 1.02. The van der Waals surface area contributed by atoms with E-state index in [1.54, 1.807) is 0 Å². The molecule has 0 amide bonds. The minimum Gasteiger partial charge on any atom is -0.490 e. The summed E-state index contributed by atoms with van der Waals surface area (Å²) in [7, 11) is 0. The number of aryl methyl sites for hydroxylation is 1. The number of hydrogen-bond acceptors (Lipinski definition) is 2. The van der Waals surface area contributed by atoms with Crippen LogP contribution >= 0.6 is 0 Å². The molecule has 16 heavy (non-hydrogen) atoms. The van der Waals surface area contributed by atoms with Gasteiger partial charge in [-0.15, -0.1) is 0 Å². The van der Waals surface area contributed by atoms with Crippen molar-refractivity contribution >= 4 is 0 Å². The first-order valence-corrected chi connectivity index (χ1v) is 6.20. The summed E-state index contributed by atoms with van der Waals surface area (Å²) in [4.78, 5) is 0. The van der Waals surface area contributed by atoms with Crippen molar-refractivity contribution < 1.29 is 4.74 Å². The molecule has 0 aromatic heterocycles. The third-order valence-corrected chi connectivity index (χ3v) is 3.32. The first-order valence-electron chi connectivity index (χ1n) is 6.20. The van der Waals surface area contributed by atoms with Gasteiger partial charge in [0.25, 0.3) is 0 Å². The molecular weight excluding hydrogens is 198 g/mol. The molecular formula is C14H21NO. The normalized spacial score (nSPS) is 18.7. The molecule has 0 radical (unpaired) electrons. The van der Waals surface area contributed by atoms with Crippen molar-refractivity contribution in [2.24, 2.45) is 5.73 Å². The van der Waals surface area contributed by atoms with E-state index in [-0.39, 0.29) is 6.04 Å². The number of ether oxygens (including phenoxy) is 1. The molecule has 0 bridgehead atoms. The Balaban J connectivity index is 2.23. The van der Waals surface area contributed by atoms with Gasteiger partial charge < -0.3 is 10.5 Å². The Labute approximate surface area is 97.8 Å². The summed E-state index contributed by atoms with van der Waals surface area (Å²) in [5, 5.41) is 0. The predicted molar refractivity (Wildman–Crippen MR) is 66.7 cm³/mol. The first kappa shape index (κ1) is 11.5. The highest BCUT2D eigenvalue weighted by Gasteiger charge is 2.19. The Morgan fingerprint density at radius 2 is 2.00 bits per heavy atom. The van der Waals surface area contributed by atoms with Crippen molar-refractivity contribution in [3.63, 3.8) is 0 Å². The van der Waals surface area contributed by atoms with Crippen molar-refractivity contribution in [1.82, 2.24) is 0 Å². The van der Waals surface area contributed by atoms with E-state index in [1.165, 1.54) is 31.2 Å². The van der Waals surface area contributed by atoms with Gasteiger partial charge in [-0.2, -0.15) is 0 Å². The molecule has 0 aliphatic heterocycles. The van der Waals surface area contributed by atoms with Crippen LogP contribution in [0.4, 0.5) is 0 Å². The third-order valence-electron chi connectivity index (χ3n) is 3.32. The SMILES string of the molecule is Cc1cccc(C(C)N)c1OC1CCCC1. The van der Waals surface area contributed by atoms with Crippen LogP contribution in [0.3, 0.4) is 0 Å². The Hall–Kier alpha value is -1.02. The zero-order chi connectivity index (χ0) is 11.5. The van der Waals surface area contributed by atoms with Gasteiger partial charge >= 0.3 is 0 Å². The highest BCUT2D eigenvalue weighted by atomic mass is 16.5. The van der Waals surface area contributed by atoms with Crippen LogP contribution in [-0.2, 0) is 0 Å². The van der Waals surface area contributed by atoms with Gasteiger partial charge in [0.15, 0.2) is 0 Å². The van der Waals surface area contributed by atoms with Gasteiger partial charge in [0, 0.05) is 11.6 Å². The van der Waals surface area contributed by atoms with Crippen LogP contribution in [0, 0.1) is 6.92 Å². The van der Waals surface area contributed by atoms with Crippen LogP contribution in [0.15, 0.2) is 18.2 Å². The lowest BCUT2D eigenvalue weighted by Gasteiger charge is -2.20. The van der Waals surface area contributed by atoms with E-state index < -0.39 is 0 Å². The van der Waals surface area contributed by atoms with Crippen molar-refractivity contribution in [3.8, 4) is 5.75 Å². The Kier molecular flexibility index (Phi) is 3.49. The predicted octanol–water partition coefficient (Wildman–Crippen LogP) is 3.34. The molecule has 0 spiro atoms. The van der Waals surface area contributed by atoms with E-state index in [4.69, 9.17) is 10.5 Å². The topological polar surface area (TPSA) is 35.2 Å². The van der Waals surface area contributed by atoms with Crippen LogP contribution in [0.2, 0.25) is 0 Å². The molecule has 1 aliphatic rings. The maximum atomic E-state index is 6.12. The maximum Gasteiger partial charge on any atom is 0.127 e. The average Bonchev–Trinajstić information content (AvgIpc) is 2.73. The molecule has 1 aliphatic carbocycles. The van der Waals surface area contributed by atoms with Crippen molar-refractivity contribution in [1.29, 1.82) is 0 Å². The Morgan fingerprint density at radius 3 is 2.62 bits per heavy atom. The van der Waals surface area contributed by atoms with Crippen LogP contribution < -0.4 is 10.5 Å². The highest BCUT2D eigenvalue weighted by Crippen LogP contribution is 2.31.